The van der Waals surface area contributed by atoms with Gasteiger partial charge in [0.2, 0.25) is 5.95 Å². The minimum absolute atomic E-state index is 0.135. The van der Waals surface area contributed by atoms with Crippen molar-refractivity contribution in [1.82, 2.24) is 14.5 Å². The number of rotatable bonds is 3. The molecule has 284 valence electrons. The van der Waals surface area contributed by atoms with Gasteiger partial charge in [0.1, 0.15) is 17.1 Å². The molecule has 8 aromatic carbocycles. The average Bonchev–Trinajstić information content (AvgIpc) is 3.73. The van der Waals surface area contributed by atoms with Crippen LogP contribution < -0.4 is 14.4 Å². The lowest BCUT2D eigenvalue weighted by Crippen LogP contribution is -2.20. The normalized spacial score (nSPS) is 13.9. The first-order valence-electron chi connectivity index (χ1n) is 20.2. The number of ether oxygens (including phenoxy) is 2. The van der Waals surface area contributed by atoms with E-state index >= 15 is 0 Å². The molecule has 1 aliphatic carbocycles. The van der Waals surface area contributed by atoms with Crippen LogP contribution >= 0.6 is 0 Å². The minimum Gasteiger partial charge on any atom is -0.506 e. The highest BCUT2D eigenvalue weighted by molar-refractivity contribution is 6.11. The molecular weight excluding hydrogens is 741 g/mol. The number of nitrogens with zero attached hydrogens (tertiary/aromatic N) is 4. The summed E-state index contributed by atoms with van der Waals surface area (Å²) < 4.78 is 15.3. The Hall–Kier alpha value is -7.90. The van der Waals surface area contributed by atoms with Crippen LogP contribution in [0, 0.1) is 0 Å². The molecule has 13 rings (SSSR count). The van der Waals surface area contributed by atoms with Crippen LogP contribution in [0.25, 0.3) is 72.2 Å². The van der Waals surface area contributed by atoms with Crippen molar-refractivity contribution in [2.45, 2.75) is 19.3 Å². The molecule has 4 heterocycles. The number of hydrogen-bond donors (Lipinski definition) is 1. The molecule has 0 spiro atoms. The number of benzene rings is 8. The molecule has 0 fully saturated rings. The lowest BCUT2D eigenvalue weighted by atomic mass is 9.82. The molecule has 0 unspecified atom stereocenters. The van der Waals surface area contributed by atoms with Crippen LogP contribution in [0.5, 0.6) is 28.7 Å². The van der Waals surface area contributed by atoms with E-state index in [1.165, 1.54) is 22.3 Å². The molecule has 2 aliphatic heterocycles. The summed E-state index contributed by atoms with van der Waals surface area (Å²) in [6.07, 6.45) is 0. The van der Waals surface area contributed by atoms with Crippen LogP contribution in [0.15, 0.2) is 164 Å². The molecule has 0 radical (unpaired) electrons. The van der Waals surface area contributed by atoms with Gasteiger partial charge in [0.25, 0.3) is 0 Å². The quantitative estimate of drug-likeness (QED) is 0.193. The van der Waals surface area contributed by atoms with Crippen molar-refractivity contribution in [2.24, 2.45) is 0 Å². The summed E-state index contributed by atoms with van der Waals surface area (Å²) in [5.41, 5.74) is 14.1. The zero-order valence-electron chi connectivity index (χ0n) is 32.6. The first-order valence-corrected chi connectivity index (χ1v) is 20.2. The van der Waals surface area contributed by atoms with E-state index in [4.69, 9.17) is 19.4 Å². The third kappa shape index (κ3) is 4.49. The standard InChI is InChI=1S/C53H34N4O3/c1-53(2)38-15-6-3-12-33(38)34-24-22-31(27-39(34)53)49-36-14-4-7-16-40(36)54-52(55-49)56-41-17-8-5-13-35(41)37-26-30(23-25-42(37)56)32-28-47-51-48(29-32)60-46-21-11-19-44(58)50(46)57(51)43-18-9-10-20-45(43)59-47/h3-29,58H,1-2H3. The van der Waals surface area contributed by atoms with Crippen LogP contribution in [0.2, 0.25) is 0 Å². The average molecular weight is 775 g/mol. The van der Waals surface area contributed by atoms with Crippen molar-refractivity contribution < 1.29 is 14.6 Å². The Morgan fingerprint density at radius 1 is 0.500 bits per heavy atom. The van der Waals surface area contributed by atoms with E-state index in [1.54, 1.807) is 12.1 Å². The Morgan fingerprint density at radius 2 is 1.20 bits per heavy atom. The maximum absolute atomic E-state index is 11.1. The molecule has 0 saturated carbocycles. The minimum atomic E-state index is -0.135. The van der Waals surface area contributed by atoms with Gasteiger partial charge in [0.05, 0.1) is 27.9 Å². The molecule has 3 aliphatic rings. The molecule has 0 saturated heterocycles. The van der Waals surface area contributed by atoms with Crippen molar-refractivity contribution in [3.63, 3.8) is 0 Å². The number of hydrogen-bond acceptors (Lipinski definition) is 6. The van der Waals surface area contributed by atoms with Gasteiger partial charge < -0.3 is 14.6 Å². The second kappa shape index (κ2) is 11.8. The second-order valence-corrected chi connectivity index (χ2v) is 16.4. The molecule has 0 atom stereocenters. The Labute approximate surface area is 345 Å². The topological polar surface area (TPSA) is 72.6 Å². The number of aromatic hydroxyl groups is 1. The van der Waals surface area contributed by atoms with Gasteiger partial charge in [-0.1, -0.05) is 111 Å². The molecule has 2 aromatic heterocycles. The maximum atomic E-state index is 11.1. The second-order valence-electron chi connectivity index (χ2n) is 16.4. The fraction of sp³-hybridized carbons (Fsp3) is 0.0566. The van der Waals surface area contributed by atoms with Crippen LogP contribution in [-0.4, -0.2) is 19.6 Å². The fourth-order valence-electron chi connectivity index (χ4n) is 9.86. The van der Waals surface area contributed by atoms with Crippen LogP contribution in [-0.2, 0) is 5.41 Å². The monoisotopic (exact) mass is 774 g/mol. The molecule has 10 aromatic rings. The van der Waals surface area contributed by atoms with E-state index in [9.17, 15) is 5.11 Å². The zero-order chi connectivity index (χ0) is 39.9. The highest BCUT2D eigenvalue weighted by Gasteiger charge is 2.38. The molecule has 60 heavy (non-hydrogen) atoms. The zero-order valence-corrected chi connectivity index (χ0v) is 32.6. The molecule has 0 amide bonds. The summed E-state index contributed by atoms with van der Waals surface area (Å²) in [6, 6.07) is 56.2. The van der Waals surface area contributed by atoms with E-state index < -0.39 is 0 Å². The van der Waals surface area contributed by atoms with Crippen LogP contribution in [0.3, 0.4) is 0 Å². The predicted molar refractivity (Wildman–Crippen MR) is 239 cm³/mol. The van der Waals surface area contributed by atoms with Crippen molar-refractivity contribution in [3.8, 4) is 68.2 Å². The van der Waals surface area contributed by atoms with Crippen molar-refractivity contribution in [1.29, 1.82) is 0 Å². The molecular formula is C53H34N4O3. The van der Waals surface area contributed by atoms with Gasteiger partial charge in [0.15, 0.2) is 23.0 Å². The third-order valence-corrected chi connectivity index (χ3v) is 12.7. The smallest absolute Gasteiger partial charge is 0.235 e. The number of phenols is 1. The first-order chi connectivity index (χ1) is 29.4. The Kier molecular flexibility index (Phi) is 6.53. The lowest BCUT2D eigenvalue weighted by molar-refractivity contribution is 0.434. The Morgan fingerprint density at radius 3 is 2.10 bits per heavy atom. The van der Waals surface area contributed by atoms with Gasteiger partial charge in [-0.05, 0) is 100 Å². The summed E-state index contributed by atoms with van der Waals surface area (Å²) in [7, 11) is 0. The highest BCUT2D eigenvalue weighted by Crippen LogP contribution is 2.62. The maximum Gasteiger partial charge on any atom is 0.235 e. The van der Waals surface area contributed by atoms with Gasteiger partial charge in [-0.3, -0.25) is 9.47 Å². The summed E-state index contributed by atoms with van der Waals surface area (Å²) in [5, 5.41) is 14.3. The first kappa shape index (κ1) is 33.1. The summed E-state index contributed by atoms with van der Waals surface area (Å²) in [4.78, 5) is 12.7. The molecule has 7 nitrogen and oxygen atoms in total. The lowest BCUT2D eigenvalue weighted by Gasteiger charge is -2.38. The molecule has 0 bridgehead atoms. The van der Waals surface area contributed by atoms with Gasteiger partial charge in [0, 0.05) is 27.1 Å². The fourth-order valence-corrected chi connectivity index (χ4v) is 9.86. The van der Waals surface area contributed by atoms with E-state index in [1.807, 2.05) is 41.3 Å². The number of phenolic OH excluding ortho intramolecular Hbond substituents is 1. The highest BCUT2D eigenvalue weighted by atomic mass is 16.5. The number of para-hydroxylation sites is 5. The van der Waals surface area contributed by atoms with Gasteiger partial charge in [-0.2, -0.15) is 0 Å². The van der Waals surface area contributed by atoms with Gasteiger partial charge in [-0.15, -0.1) is 0 Å². The predicted octanol–water partition coefficient (Wildman–Crippen LogP) is 13.8. The summed E-state index contributed by atoms with van der Waals surface area (Å²) in [5.74, 6) is 3.32. The summed E-state index contributed by atoms with van der Waals surface area (Å²) in [6.45, 7) is 4.63. The van der Waals surface area contributed by atoms with E-state index in [-0.39, 0.29) is 11.2 Å². The van der Waals surface area contributed by atoms with E-state index in [0.29, 0.717) is 34.6 Å². The Balaban J connectivity index is 0.977. The van der Waals surface area contributed by atoms with Crippen molar-refractivity contribution in [3.05, 3.63) is 175 Å². The third-order valence-electron chi connectivity index (χ3n) is 12.7. The van der Waals surface area contributed by atoms with Crippen LogP contribution in [0.1, 0.15) is 25.0 Å². The van der Waals surface area contributed by atoms with Gasteiger partial charge >= 0.3 is 0 Å². The SMILES string of the molecule is CC1(C)c2ccccc2-c2ccc(-c3nc(-n4c5ccccc5c5cc(-c6cc7c8c(c6)Oc6cccc(O)c6N8c6ccccc6O7)ccc54)nc4ccccc34)cc21. The number of aromatic nitrogens is 3. The number of fused-ring (bicyclic) bond motifs is 11. The number of anilines is 3. The molecule has 1 N–H and O–H groups in total. The largest absolute Gasteiger partial charge is 0.506 e. The Bertz CT molecular complexity index is 3490. The van der Waals surface area contributed by atoms with Crippen LogP contribution in [0.4, 0.5) is 17.1 Å². The van der Waals surface area contributed by atoms with Crippen molar-refractivity contribution in [2.75, 3.05) is 4.90 Å². The molecule has 7 heteroatoms. The van der Waals surface area contributed by atoms with E-state index in [2.05, 4.69) is 134 Å². The summed E-state index contributed by atoms with van der Waals surface area (Å²) >= 11 is 0. The van der Waals surface area contributed by atoms with E-state index in [0.717, 1.165) is 66.5 Å². The van der Waals surface area contributed by atoms with Gasteiger partial charge in [-0.25, -0.2) is 9.97 Å². The van der Waals surface area contributed by atoms with Crippen molar-refractivity contribution >= 4 is 49.8 Å².